The Morgan fingerprint density at radius 1 is 1.18 bits per heavy atom. The molecule has 6 nitrogen and oxygen atoms in total. The zero-order valence-electron chi connectivity index (χ0n) is 16.9. The topological polar surface area (TPSA) is 65.7 Å². The fourth-order valence-corrected chi connectivity index (χ4v) is 3.47. The van der Waals surface area contributed by atoms with E-state index in [0.717, 1.165) is 57.3 Å². The van der Waals surface area contributed by atoms with E-state index in [1.165, 1.54) is 24.9 Å². The highest BCUT2D eigenvalue weighted by atomic mass is 16.3. The van der Waals surface area contributed by atoms with E-state index in [0.29, 0.717) is 5.92 Å². The number of unbranched alkanes of at least 4 members (excludes halogenated alkanes) is 1. The molecule has 6 heteroatoms. The standard InChI is InChI=1S/C22H33N5O/c1-2-3-11-24-22(25-14-8-21-5-4-17-28-21)26-18-19-9-15-27(16-10-19)20-6-12-23-13-7-20/h4-7,12-13,17,19H,2-3,8-11,14-16,18H2,1H3,(H2,24,25,26). The fraction of sp³-hybridized carbons (Fsp3) is 0.545. The van der Waals surface area contributed by atoms with E-state index >= 15 is 0 Å². The maximum atomic E-state index is 5.41. The van der Waals surface area contributed by atoms with Crippen LogP contribution in [0.4, 0.5) is 5.69 Å². The molecule has 0 unspecified atom stereocenters. The van der Waals surface area contributed by atoms with E-state index in [1.54, 1.807) is 6.26 Å². The number of rotatable bonds is 9. The Labute approximate surface area is 168 Å². The lowest BCUT2D eigenvalue weighted by molar-refractivity contribution is 0.414. The SMILES string of the molecule is CCCCNC(=NCC1CCN(c2ccncc2)CC1)NCCc1ccco1. The van der Waals surface area contributed by atoms with Gasteiger partial charge in [0.05, 0.1) is 6.26 Å². The van der Waals surface area contributed by atoms with Gasteiger partial charge in [-0.2, -0.15) is 0 Å². The molecule has 0 aliphatic carbocycles. The van der Waals surface area contributed by atoms with Gasteiger partial charge in [-0.1, -0.05) is 13.3 Å². The summed E-state index contributed by atoms with van der Waals surface area (Å²) in [6.45, 7) is 7.06. The second-order valence-corrected chi connectivity index (χ2v) is 7.36. The molecule has 2 N–H and O–H groups in total. The van der Waals surface area contributed by atoms with Crippen molar-refractivity contribution in [3.8, 4) is 0 Å². The first-order valence-electron chi connectivity index (χ1n) is 10.5. The largest absolute Gasteiger partial charge is 0.469 e. The van der Waals surface area contributed by atoms with E-state index < -0.39 is 0 Å². The van der Waals surface area contributed by atoms with Crippen LogP contribution in [0.25, 0.3) is 0 Å². The molecule has 0 saturated carbocycles. The van der Waals surface area contributed by atoms with Gasteiger partial charge in [-0.3, -0.25) is 9.98 Å². The molecule has 152 valence electrons. The smallest absolute Gasteiger partial charge is 0.191 e. The van der Waals surface area contributed by atoms with Crippen LogP contribution < -0.4 is 15.5 Å². The third-order valence-electron chi connectivity index (χ3n) is 5.22. The van der Waals surface area contributed by atoms with E-state index in [-0.39, 0.29) is 0 Å². The van der Waals surface area contributed by atoms with Crippen LogP contribution in [0.2, 0.25) is 0 Å². The fourth-order valence-electron chi connectivity index (χ4n) is 3.47. The van der Waals surface area contributed by atoms with Crippen LogP contribution in [0.15, 0.2) is 52.3 Å². The third kappa shape index (κ3) is 6.59. The minimum absolute atomic E-state index is 0.646. The Balaban J connectivity index is 1.44. The molecule has 0 bridgehead atoms. The van der Waals surface area contributed by atoms with Gasteiger partial charge in [-0.25, -0.2) is 0 Å². The first-order valence-corrected chi connectivity index (χ1v) is 10.5. The second kappa shape index (κ2) is 11.4. The van der Waals surface area contributed by atoms with Crippen LogP contribution in [0.5, 0.6) is 0 Å². The highest BCUT2D eigenvalue weighted by molar-refractivity contribution is 5.79. The molecule has 2 aromatic rings. The van der Waals surface area contributed by atoms with Crippen molar-refractivity contribution in [2.75, 3.05) is 37.6 Å². The number of anilines is 1. The number of piperidine rings is 1. The van der Waals surface area contributed by atoms with Crippen molar-refractivity contribution in [1.29, 1.82) is 0 Å². The van der Waals surface area contributed by atoms with Gasteiger partial charge < -0.3 is 20.0 Å². The average molecular weight is 384 g/mol. The molecule has 0 spiro atoms. The van der Waals surface area contributed by atoms with Gasteiger partial charge >= 0.3 is 0 Å². The van der Waals surface area contributed by atoms with Gasteiger partial charge in [0, 0.05) is 57.2 Å². The summed E-state index contributed by atoms with van der Waals surface area (Å²) in [6.07, 6.45) is 11.0. The number of nitrogens with zero attached hydrogens (tertiary/aromatic N) is 3. The zero-order chi connectivity index (χ0) is 19.4. The summed E-state index contributed by atoms with van der Waals surface area (Å²) < 4.78 is 5.41. The van der Waals surface area contributed by atoms with Gasteiger partial charge in [-0.05, 0) is 49.4 Å². The summed E-state index contributed by atoms with van der Waals surface area (Å²) in [7, 11) is 0. The van der Waals surface area contributed by atoms with Crippen LogP contribution in [-0.4, -0.2) is 43.7 Å². The Kier molecular flexibility index (Phi) is 8.22. The molecule has 3 heterocycles. The van der Waals surface area contributed by atoms with Crippen molar-refractivity contribution in [3.63, 3.8) is 0 Å². The number of nitrogens with one attached hydrogen (secondary N) is 2. The molecule has 2 aromatic heterocycles. The van der Waals surface area contributed by atoms with Crippen molar-refractivity contribution in [2.45, 2.75) is 39.0 Å². The third-order valence-corrected chi connectivity index (χ3v) is 5.22. The quantitative estimate of drug-likeness (QED) is 0.394. The van der Waals surface area contributed by atoms with Crippen LogP contribution in [0.1, 0.15) is 38.4 Å². The van der Waals surface area contributed by atoms with Crippen LogP contribution in [-0.2, 0) is 6.42 Å². The van der Waals surface area contributed by atoms with Crippen molar-refractivity contribution in [2.24, 2.45) is 10.9 Å². The van der Waals surface area contributed by atoms with E-state index in [2.05, 4.69) is 39.6 Å². The Hall–Kier alpha value is -2.50. The number of hydrogen-bond donors (Lipinski definition) is 2. The molecule has 3 rings (SSSR count). The van der Waals surface area contributed by atoms with E-state index in [4.69, 9.17) is 9.41 Å². The number of hydrogen-bond acceptors (Lipinski definition) is 4. The Morgan fingerprint density at radius 3 is 2.68 bits per heavy atom. The van der Waals surface area contributed by atoms with E-state index in [9.17, 15) is 0 Å². The van der Waals surface area contributed by atoms with Gasteiger partial charge in [0.1, 0.15) is 5.76 Å². The lowest BCUT2D eigenvalue weighted by Crippen LogP contribution is -2.40. The number of guanidine groups is 1. The lowest BCUT2D eigenvalue weighted by atomic mass is 9.97. The molecule has 1 fully saturated rings. The van der Waals surface area contributed by atoms with Crippen LogP contribution in [0.3, 0.4) is 0 Å². The lowest BCUT2D eigenvalue weighted by Gasteiger charge is -2.33. The molecule has 0 aromatic carbocycles. The molecular formula is C22H33N5O. The van der Waals surface area contributed by atoms with E-state index in [1.807, 2.05) is 24.5 Å². The number of aromatic nitrogens is 1. The molecule has 0 atom stereocenters. The maximum absolute atomic E-state index is 5.41. The van der Waals surface area contributed by atoms with Gasteiger partial charge in [0.25, 0.3) is 0 Å². The normalized spacial score (nSPS) is 15.6. The second-order valence-electron chi connectivity index (χ2n) is 7.36. The van der Waals surface area contributed by atoms with Gasteiger partial charge in [0.15, 0.2) is 5.96 Å². The highest BCUT2D eigenvalue weighted by Crippen LogP contribution is 2.22. The Morgan fingerprint density at radius 2 is 1.96 bits per heavy atom. The minimum Gasteiger partial charge on any atom is -0.469 e. The number of pyridine rings is 1. The predicted octanol–water partition coefficient (Wildman–Crippen LogP) is 3.47. The summed E-state index contributed by atoms with van der Waals surface area (Å²) in [5, 5.41) is 6.92. The number of aliphatic imine (C=N–C) groups is 1. The van der Waals surface area contributed by atoms with Gasteiger partial charge in [-0.15, -0.1) is 0 Å². The minimum atomic E-state index is 0.646. The van der Waals surface area contributed by atoms with Gasteiger partial charge in [0.2, 0.25) is 0 Å². The summed E-state index contributed by atoms with van der Waals surface area (Å²) in [6, 6.07) is 8.14. The van der Waals surface area contributed by atoms with Crippen molar-refractivity contribution in [1.82, 2.24) is 15.6 Å². The summed E-state index contributed by atoms with van der Waals surface area (Å²) in [5.41, 5.74) is 1.28. The summed E-state index contributed by atoms with van der Waals surface area (Å²) in [5.74, 6) is 2.58. The Bertz CT molecular complexity index is 678. The monoisotopic (exact) mass is 383 g/mol. The molecule has 0 radical (unpaired) electrons. The van der Waals surface area contributed by atoms with Crippen molar-refractivity contribution in [3.05, 3.63) is 48.7 Å². The highest BCUT2D eigenvalue weighted by Gasteiger charge is 2.19. The predicted molar refractivity (Wildman–Crippen MR) is 115 cm³/mol. The molecule has 0 amide bonds. The maximum Gasteiger partial charge on any atom is 0.191 e. The first kappa shape index (κ1) is 20.2. The summed E-state index contributed by atoms with van der Waals surface area (Å²) >= 11 is 0. The molecule has 1 saturated heterocycles. The molecule has 1 aliphatic rings. The molecule has 1 aliphatic heterocycles. The molecule has 28 heavy (non-hydrogen) atoms. The average Bonchev–Trinajstić information content (AvgIpc) is 3.26. The van der Waals surface area contributed by atoms with Crippen LogP contribution in [0, 0.1) is 5.92 Å². The van der Waals surface area contributed by atoms with Crippen molar-refractivity contribution >= 4 is 11.6 Å². The first-order chi connectivity index (χ1) is 13.8. The molecular weight excluding hydrogens is 350 g/mol. The zero-order valence-corrected chi connectivity index (χ0v) is 16.9. The number of furan rings is 1. The van der Waals surface area contributed by atoms with Crippen molar-refractivity contribution < 1.29 is 4.42 Å². The summed E-state index contributed by atoms with van der Waals surface area (Å²) in [4.78, 5) is 11.4. The van der Waals surface area contributed by atoms with Crippen LogP contribution >= 0.6 is 0 Å².